The van der Waals surface area contributed by atoms with Crippen LogP contribution in [0.2, 0.25) is 0 Å². The highest BCUT2D eigenvalue weighted by Crippen LogP contribution is 2.27. The summed E-state index contributed by atoms with van der Waals surface area (Å²) >= 11 is 0. The Morgan fingerprint density at radius 3 is 2.26 bits per heavy atom. The number of likely N-dealkylation sites (N-methyl/N-ethyl adjacent to an activating group) is 1. The van der Waals surface area contributed by atoms with E-state index in [2.05, 4.69) is 5.32 Å². The molecule has 0 aliphatic carbocycles. The van der Waals surface area contributed by atoms with Gasteiger partial charge < -0.3 is 35.8 Å². The highest BCUT2D eigenvalue weighted by atomic mass is 19.4. The number of rotatable bonds is 11. The maximum absolute atomic E-state index is 13.4. The zero-order valence-corrected chi connectivity index (χ0v) is 23.3. The largest absolute Gasteiger partial charge is 0.490 e. The van der Waals surface area contributed by atoms with Gasteiger partial charge in [-0.05, 0) is 49.1 Å². The smallest absolute Gasteiger partial charge is 0.480 e. The number of nitrogens with zero attached hydrogens (tertiary/aromatic N) is 2. The van der Waals surface area contributed by atoms with Crippen molar-refractivity contribution in [3.05, 3.63) is 65.2 Å². The van der Waals surface area contributed by atoms with Gasteiger partial charge in [0.2, 0.25) is 5.91 Å². The number of benzene rings is 2. The third kappa shape index (κ3) is 10.9. The van der Waals surface area contributed by atoms with Crippen LogP contribution in [0.1, 0.15) is 40.7 Å². The molecule has 0 bridgehead atoms. The lowest BCUT2D eigenvalue weighted by molar-refractivity contribution is -0.192. The van der Waals surface area contributed by atoms with Crippen LogP contribution >= 0.6 is 0 Å². The SMILES string of the molecule is CN1C(=O)CN(CC(NC(=O)OCc2ccccc2)C(=O)O)C(=O)c2cc(CCCCCN)ccc21.O=C(O)C(F)(F)F. The number of aliphatic carboxylic acids is 2. The molecule has 1 aliphatic heterocycles. The van der Waals surface area contributed by atoms with Gasteiger partial charge in [-0.25, -0.2) is 14.4 Å². The van der Waals surface area contributed by atoms with Crippen LogP contribution < -0.4 is 16.0 Å². The molecular weight excluding hydrogens is 577 g/mol. The van der Waals surface area contributed by atoms with Crippen molar-refractivity contribution in [2.24, 2.45) is 5.73 Å². The molecule has 5 N–H and O–H groups in total. The van der Waals surface area contributed by atoms with Gasteiger partial charge in [-0.3, -0.25) is 9.59 Å². The zero-order valence-electron chi connectivity index (χ0n) is 23.3. The van der Waals surface area contributed by atoms with E-state index in [1.807, 2.05) is 12.1 Å². The molecule has 43 heavy (non-hydrogen) atoms. The molecule has 1 heterocycles. The second-order valence-electron chi connectivity index (χ2n) is 9.49. The van der Waals surface area contributed by atoms with E-state index >= 15 is 0 Å². The molecule has 15 heteroatoms. The first kappa shape index (κ1) is 34.5. The van der Waals surface area contributed by atoms with Gasteiger partial charge in [0.05, 0.1) is 17.8 Å². The van der Waals surface area contributed by atoms with E-state index in [9.17, 15) is 37.5 Å². The summed E-state index contributed by atoms with van der Waals surface area (Å²) in [6.07, 6.45) is -2.45. The number of nitrogens with two attached hydrogens (primary N) is 1. The second-order valence-corrected chi connectivity index (χ2v) is 9.49. The van der Waals surface area contributed by atoms with Gasteiger partial charge in [0, 0.05) is 7.05 Å². The van der Waals surface area contributed by atoms with E-state index in [0.29, 0.717) is 17.8 Å². The molecule has 0 aromatic heterocycles. The van der Waals surface area contributed by atoms with Crippen LogP contribution in [0.3, 0.4) is 0 Å². The first-order chi connectivity index (χ1) is 20.2. The lowest BCUT2D eigenvalue weighted by atomic mass is 10.0. The van der Waals surface area contributed by atoms with Gasteiger partial charge in [0.1, 0.15) is 19.2 Å². The molecule has 12 nitrogen and oxygen atoms in total. The highest BCUT2D eigenvalue weighted by Gasteiger charge is 2.38. The summed E-state index contributed by atoms with van der Waals surface area (Å²) in [7, 11) is 1.58. The van der Waals surface area contributed by atoms with Gasteiger partial charge in [0.25, 0.3) is 5.91 Å². The summed E-state index contributed by atoms with van der Waals surface area (Å²) in [4.78, 5) is 61.7. The number of hydrogen-bond donors (Lipinski definition) is 4. The number of fused-ring (bicyclic) bond motifs is 1. The van der Waals surface area contributed by atoms with Crippen LogP contribution in [0.4, 0.5) is 23.7 Å². The number of unbranched alkanes of at least 4 members (excludes halogenated alkanes) is 2. The fourth-order valence-corrected chi connectivity index (χ4v) is 3.96. The van der Waals surface area contributed by atoms with E-state index in [1.165, 1.54) is 4.90 Å². The van der Waals surface area contributed by atoms with Crippen LogP contribution in [0.15, 0.2) is 48.5 Å². The summed E-state index contributed by atoms with van der Waals surface area (Å²) in [5, 5.41) is 19.1. The summed E-state index contributed by atoms with van der Waals surface area (Å²) in [5.41, 5.74) is 8.01. The summed E-state index contributed by atoms with van der Waals surface area (Å²) in [6.45, 7) is -0.121. The normalized spacial score (nSPS) is 13.7. The Kier molecular flexibility index (Phi) is 12.9. The minimum atomic E-state index is -5.08. The van der Waals surface area contributed by atoms with Gasteiger partial charge in [-0.1, -0.05) is 42.8 Å². The van der Waals surface area contributed by atoms with Crippen molar-refractivity contribution in [1.82, 2.24) is 10.2 Å². The van der Waals surface area contributed by atoms with Gasteiger partial charge in [-0.15, -0.1) is 0 Å². The third-order valence-electron chi connectivity index (χ3n) is 6.26. The lowest BCUT2D eigenvalue weighted by Crippen LogP contribution is -2.51. The third-order valence-corrected chi connectivity index (χ3v) is 6.26. The van der Waals surface area contributed by atoms with Crippen LogP contribution in [0.25, 0.3) is 0 Å². The second kappa shape index (κ2) is 16.1. The number of halogens is 3. The Morgan fingerprint density at radius 2 is 1.67 bits per heavy atom. The van der Waals surface area contributed by atoms with E-state index in [4.69, 9.17) is 20.4 Å². The van der Waals surface area contributed by atoms with Gasteiger partial charge in [-0.2, -0.15) is 13.2 Å². The molecular formula is C28H33F3N4O8. The molecule has 3 rings (SSSR count). The molecule has 0 saturated carbocycles. The van der Waals surface area contributed by atoms with Crippen molar-refractivity contribution in [2.45, 2.75) is 44.5 Å². The fourth-order valence-electron chi connectivity index (χ4n) is 3.96. The average Bonchev–Trinajstić information content (AvgIpc) is 3.04. The lowest BCUT2D eigenvalue weighted by Gasteiger charge is -2.24. The zero-order chi connectivity index (χ0) is 32.2. The minimum Gasteiger partial charge on any atom is -0.480 e. The number of nitrogens with one attached hydrogen (secondary N) is 1. The van der Waals surface area contributed by atoms with E-state index in [1.54, 1.807) is 43.4 Å². The standard InChI is InChI=1S/C26H32N4O6.C2HF3O2/c1-29-22-12-11-18(8-6-3-7-13-27)14-20(22)24(32)30(16-23(29)31)15-21(25(33)34)28-26(35)36-17-19-9-4-2-5-10-19;3-2(4,5)1(6)7/h2,4-5,9-12,14,21H,3,6-8,13,15-17,27H2,1H3,(H,28,35)(H,33,34);(H,6,7). The number of alkyl halides is 3. The minimum absolute atomic E-state index is 0.0353. The molecule has 2 aromatic carbocycles. The quantitative estimate of drug-likeness (QED) is 0.278. The Hall–Kier alpha value is -4.66. The van der Waals surface area contributed by atoms with E-state index < -0.39 is 42.7 Å². The van der Waals surface area contributed by atoms with E-state index in [-0.39, 0.29) is 19.1 Å². The maximum atomic E-state index is 13.4. The fraction of sp³-hybridized carbons (Fsp3) is 0.393. The number of carbonyl (C=O) groups is 5. The number of ether oxygens (including phenoxy) is 1. The van der Waals surface area contributed by atoms with Crippen LogP contribution in [0.5, 0.6) is 0 Å². The van der Waals surface area contributed by atoms with E-state index in [0.717, 1.165) is 41.7 Å². The Balaban J connectivity index is 0.000000821. The molecule has 3 amide bonds. The maximum Gasteiger partial charge on any atom is 0.490 e. The van der Waals surface area contributed by atoms with Crippen molar-refractivity contribution in [3.63, 3.8) is 0 Å². The average molecular weight is 611 g/mol. The first-order valence-electron chi connectivity index (χ1n) is 13.1. The molecule has 1 atom stereocenters. The van der Waals surface area contributed by atoms with Gasteiger partial charge in [0.15, 0.2) is 0 Å². The van der Waals surface area contributed by atoms with Crippen LogP contribution in [-0.2, 0) is 32.1 Å². The molecule has 0 saturated heterocycles. The molecule has 0 spiro atoms. The Labute approximate surface area is 245 Å². The Bertz CT molecular complexity index is 1290. The molecule has 2 aromatic rings. The molecule has 0 radical (unpaired) electrons. The number of alkyl carbamates (subject to hydrolysis) is 1. The number of amides is 3. The number of carboxylic acids is 2. The van der Waals surface area contributed by atoms with Crippen LogP contribution in [0, 0.1) is 0 Å². The van der Waals surface area contributed by atoms with Crippen molar-refractivity contribution < 1.29 is 52.1 Å². The predicted octanol–water partition coefficient (Wildman–Crippen LogP) is 2.79. The monoisotopic (exact) mass is 610 g/mol. The first-order valence-corrected chi connectivity index (χ1v) is 13.1. The molecule has 234 valence electrons. The number of anilines is 1. The summed E-state index contributed by atoms with van der Waals surface area (Å²) < 4.78 is 36.9. The number of carbonyl (C=O) groups excluding carboxylic acids is 3. The number of aryl methyl sites for hydroxylation is 1. The van der Waals surface area contributed by atoms with Crippen molar-refractivity contribution in [3.8, 4) is 0 Å². The summed E-state index contributed by atoms with van der Waals surface area (Å²) in [5.74, 6) is -4.95. The van der Waals surface area contributed by atoms with Crippen molar-refractivity contribution >= 4 is 35.5 Å². The predicted molar refractivity (Wildman–Crippen MR) is 147 cm³/mol. The summed E-state index contributed by atoms with van der Waals surface area (Å²) in [6, 6.07) is 12.9. The Morgan fingerprint density at radius 1 is 1.02 bits per heavy atom. The topological polar surface area (TPSA) is 180 Å². The number of carboxylic acid groups (broad SMARTS) is 2. The highest BCUT2D eigenvalue weighted by molar-refractivity contribution is 6.09. The van der Waals surface area contributed by atoms with Crippen LogP contribution in [-0.4, -0.2) is 83.9 Å². The van der Waals surface area contributed by atoms with Gasteiger partial charge >= 0.3 is 24.2 Å². The molecule has 1 aliphatic rings. The number of hydrogen-bond acceptors (Lipinski definition) is 7. The van der Waals surface area contributed by atoms with Crippen molar-refractivity contribution in [1.29, 1.82) is 0 Å². The molecule has 0 fully saturated rings. The van der Waals surface area contributed by atoms with Crippen molar-refractivity contribution in [2.75, 3.05) is 31.6 Å². The molecule has 1 unspecified atom stereocenters.